The number of hydrogen-bond donors (Lipinski definition) is 8. The van der Waals surface area contributed by atoms with E-state index >= 15 is 0 Å². The van der Waals surface area contributed by atoms with Gasteiger partial charge < -0.3 is 39.6 Å². The molecule has 0 aromatic rings. The van der Waals surface area contributed by atoms with Crippen LogP contribution in [-0.4, -0.2) is 75.1 Å². The van der Waals surface area contributed by atoms with Crippen LogP contribution in [-0.2, 0) is 0 Å². The monoisotopic (exact) mass is 673 g/mol. The van der Waals surface area contributed by atoms with E-state index in [2.05, 4.69) is 27.7 Å². The maximum atomic E-state index is 8.47. The van der Waals surface area contributed by atoms with E-state index in [4.69, 9.17) is 39.6 Å². The van der Waals surface area contributed by atoms with Gasteiger partial charge in [0.05, 0.1) is 0 Å². The van der Waals surface area contributed by atoms with Crippen molar-refractivity contribution in [2.24, 2.45) is 0 Å². The van der Waals surface area contributed by atoms with Gasteiger partial charge >= 0.3 is 9.05 Å². The normalized spacial score (nSPS) is 10.4. The van der Waals surface area contributed by atoms with E-state index in [1.165, 1.54) is 154 Å². The maximum absolute atomic E-state index is 8.47. The molecule has 0 aromatic heterocycles. The lowest BCUT2D eigenvalue weighted by Crippen LogP contribution is -2.33. The van der Waals surface area contributed by atoms with Gasteiger partial charge in [0.25, 0.3) is 0 Å². The molecule has 0 aromatic carbocycles. The Morgan fingerprint density at radius 1 is 0.244 bits per heavy atom. The van der Waals surface area contributed by atoms with Crippen molar-refractivity contribution < 1.29 is 39.6 Å². The molecule has 45 heavy (non-hydrogen) atoms. The number of aliphatic hydroxyl groups is 4. The number of hydrogen-bond acceptors (Lipinski definition) is 8. The van der Waals surface area contributed by atoms with Gasteiger partial charge in [-0.2, -0.15) is 0 Å². The summed E-state index contributed by atoms with van der Waals surface area (Å²) < 4.78 is 0. The zero-order valence-electron chi connectivity index (χ0n) is 30.7. The van der Waals surface area contributed by atoms with Gasteiger partial charge in [-0.25, -0.2) is 0 Å². The van der Waals surface area contributed by atoms with Crippen LogP contribution in [0, 0.1) is 0 Å². The molecule has 0 aliphatic carbocycles. The molecular formula is C36H84O8Si. The summed E-state index contributed by atoms with van der Waals surface area (Å²) in [5, 5.41) is 33.9. The fourth-order valence-electron chi connectivity index (χ4n) is 4.28. The Hall–Kier alpha value is -0.103. The molecule has 8 nitrogen and oxygen atoms in total. The highest BCUT2D eigenvalue weighted by Gasteiger charge is 2.22. The van der Waals surface area contributed by atoms with Gasteiger partial charge in [0.2, 0.25) is 0 Å². The van der Waals surface area contributed by atoms with Crippen molar-refractivity contribution in [2.75, 3.05) is 26.4 Å². The molecule has 0 aliphatic rings. The highest BCUT2D eigenvalue weighted by molar-refractivity contribution is 6.46. The van der Waals surface area contributed by atoms with Crippen LogP contribution < -0.4 is 0 Å². The van der Waals surface area contributed by atoms with E-state index in [-0.39, 0.29) is 0 Å². The highest BCUT2D eigenvalue weighted by atomic mass is 28.4. The Morgan fingerprint density at radius 2 is 0.356 bits per heavy atom. The zero-order valence-corrected chi connectivity index (χ0v) is 31.7. The molecule has 0 atom stereocenters. The van der Waals surface area contributed by atoms with Gasteiger partial charge in [0.1, 0.15) is 0 Å². The van der Waals surface area contributed by atoms with Crippen molar-refractivity contribution in [3.05, 3.63) is 0 Å². The molecule has 0 heterocycles. The number of unbranched alkanes of at least 4 members (excludes halogenated alkanes) is 24. The summed E-state index contributed by atoms with van der Waals surface area (Å²) in [6.45, 7) is 10.4. The van der Waals surface area contributed by atoms with Gasteiger partial charge in [-0.05, 0) is 25.7 Å². The molecule has 0 saturated carbocycles. The van der Waals surface area contributed by atoms with E-state index in [1.54, 1.807) is 0 Å². The molecule has 0 unspecified atom stereocenters. The molecule has 9 heteroatoms. The Kier molecular flexibility index (Phi) is 67.9. The predicted octanol–water partition coefficient (Wildman–Crippen LogP) is 8.31. The molecule has 0 aliphatic heterocycles. The van der Waals surface area contributed by atoms with Crippen molar-refractivity contribution >= 4 is 9.05 Å². The van der Waals surface area contributed by atoms with Crippen LogP contribution in [0.1, 0.15) is 207 Å². The summed E-state index contributed by atoms with van der Waals surface area (Å²) in [6.07, 6.45) is 35.7. The minimum absolute atomic E-state index is 0.369. The SMILES string of the molecule is CCCCCCCCCO.CCCCCCCCCO.CCCCCCCCCO.CCCCCCCCCO.O[Si](O)(O)O. The Labute approximate surface area is 282 Å². The van der Waals surface area contributed by atoms with Crippen LogP contribution in [0.2, 0.25) is 0 Å². The fraction of sp³-hybridized carbons (Fsp3) is 1.00. The Bertz CT molecular complexity index is 324. The second-order valence-corrected chi connectivity index (χ2v) is 13.2. The summed E-state index contributed by atoms with van der Waals surface area (Å²) in [7, 11) is -4.61. The third kappa shape index (κ3) is 99.0. The lowest BCUT2D eigenvalue weighted by atomic mass is 10.1. The van der Waals surface area contributed by atoms with Crippen molar-refractivity contribution in [3.63, 3.8) is 0 Å². The summed E-state index contributed by atoms with van der Waals surface area (Å²) in [5.41, 5.74) is 0. The van der Waals surface area contributed by atoms with Crippen LogP contribution in [0.15, 0.2) is 0 Å². The van der Waals surface area contributed by atoms with Crippen LogP contribution in [0.4, 0.5) is 0 Å². The van der Waals surface area contributed by atoms with Gasteiger partial charge in [0, 0.05) is 26.4 Å². The van der Waals surface area contributed by atoms with Crippen LogP contribution >= 0.6 is 0 Å². The first kappa shape index (κ1) is 54.4. The number of rotatable bonds is 28. The first-order valence-corrected chi connectivity index (χ1v) is 20.8. The lowest BCUT2D eigenvalue weighted by Gasteiger charge is -1.97. The van der Waals surface area contributed by atoms with Crippen LogP contribution in [0.25, 0.3) is 0 Å². The largest absolute Gasteiger partial charge is 0.668 e. The quantitative estimate of drug-likeness (QED) is 0.0304. The summed E-state index contributed by atoms with van der Waals surface area (Å²) >= 11 is 0. The third-order valence-corrected chi connectivity index (χ3v) is 7.05. The topological polar surface area (TPSA) is 162 Å². The van der Waals surface area contributed by atoms with E-state index < -0.39 is 9.05 Å². The second kappa shape index (κ2) is 56.2. The maximum Gasteiger partial charge on any atom is 0.668 e. The minimum Gasteiger partial charge on any atom is -0.396 e. The van der Waals surface area contributed by atoms with Gasteiger partial charge in [-0.15, -0.1) is 0 Å². The standard InChI is InChI=1S/4C9H20O.H4O4Si/c4*1-2-3-4-5-6-7-8-9-10;1-5(2,3)4/h4*10H,2-9H2,1H3;1-4H. The van der Waals surface area contributed by atoms with Crippen LogP contribution in [0.3, 0.4) is 0 Å². The van der Waals surface area contributed by atoms with Gasteiger partial charge in [-0.1, -0.05) is 182 Å². The van der Waals surface area contributed by atoms with Crippen molar-refractivity contribution in [1.82, 2.24) is 0 Å². The number of aliphatic hydroxyl groups excluding tert-OH is 4. The second-order valence-electron chi connectivity index (χ2n) is 12.0. The van der Waals surface area contributed by atoms with E-state index in [0.29, 0.717) is 26.4 Å². The highest BCUT2D eigenvalue weighted by Crippen LogP contribution is 2.08. The van der Waals surface area contributed by atoms with Gasteiger partial charge in [-0.3, -0.25) is 0 Å². The predicted molar refractivity (Wildman–Crippen MR) is 195 cm³/mol. The molecule has 0 amide bonds. The smallest absolute Gasteiger partial charge is 0.396 e. The third-order valence-electron chi connectivity index (χ3n) is 7.05. The van der Waals surface area contributed by atoms with Crippen molar-refractivity contribution in [3.8, 4) is 0 Å². The summed E-state index contributed by atoms with van der Waals surface area (Å²) in [5.74, 6) is 0. The lowest BCUT2D eigenvalue weighted by molar-refractivity contribution is 0.117. The molecule has 0 bridgehead atoms. The molecule has 0 spiro atoms. The fourth-order valence-corrected chi connectivity index (χ4v) is 4.28. The first-order chi connectivity index (χ1) is 21.7. The van der Waals surface area contributed by atoms with E-state index in [9.17, 15) is 0 Å². The Balaban J connectivity index is -0.000000150. The summed E-state index contributed by atoms with van der Waals surface area (Å²) in [6, 6.07) is 0. The molecule has 0 radical (unpaired) electrons. The molecule has 8 N–H and O–H groups in total. The van der Waals surface area contributed by atoms with Crippen LogP contribution in [0.5, 0.6) is 0 Å². The van der Waals surface area contributed by atoms with Crippen molar-refractivity contribution in [1.29, 1.82) is 0 Å². The average Bonchev–Trinajstić information content (AvgIpc) is 3.00. The summed E-state index contributed by atoms with van der Waals surface area (Å²) in [4.78, 5) is 29.3. The molecule has 0 rings (SSSR count). The molecule has 0 saturated heterocycles. The van der Waals surface area contributed by atoms with E-state index in [0.717, 1.165) is 25.7 Å². The van der Waals surface area contributed by atoms with E-state index in [1.807, 2.05) is 0 Å². The zero-order chi connectivity index (χ0) is 35.1. The molecule has 280 valence electrons. The Morgan fingerprint density at radius 3 is 0.467 bits per heavy atom. The average molecular weight is 673 g/mol. The van der Waals surface area contributed by atoms with Crippen molar-refractivity contribution in [2.45, 2.75) is 207 Å². The molecular weight excluding hydrogens is 588 g/mol. The van der Waals surface area contributed by atoms with Gasteiger partial charge in [0.15, 0.2) is 0 Å². The molecule has 0 fully saturated rings. The first-order valence-electron chi connectivity index (χ1n) is 19.0. The minimum atomic E-state index is -4.61.